The number of pyridine rings is 1. The molecule has 1 atom stereocenters. The Morgan fingerprint density at radius 1 is 1.20 bits per heavy atom. The zero-order valence-electron chi connectivity index (χ0n) is 10.8. The van der Waals surface area contributed by atoms with Crippen molar-refractivity contribution in [2.45, 2.75) is 12.5 Å². The lowest BCUT2D eigenvalue weighted by Gasteiger charge is -2.14. The Balaban J connectivity index is 2.33. The molecule has 0 saturated carbocycles. The molecule has 3 aromatic rings. The average Bonchev–Trinajstić information content (AvgIpc) is 2.84. The predicted molar refractivity (Wildman–Crippen MR) is 87.7 cm³/mol. The Labute approximate surface area is 125 Å². The number of benzene rings is 1. The molecule has 0 unspecified atom stereocenters. The van der Waals surface area contributed by atoms with Crippen LogP contribution in [0.2, 0.25) is 0 Å². The molecule has 0 amide bonds. The van der Waals surface area contributed by atoms with Crippen LogP contribution in [0.25, 0.3) is 21.9 Å². The van der Waals surface area contributed by atoms with Crippen molar-refractivity contribution >= 4 is 44.1 Å². The van der Waals surface area contributed by atoms with E-state index in [0.717, 1.165) is 28.4 Å². The van der Waals surface area contributed by atoms with E-state index in [2.05, 4.69) is 43.7 Å². The normalized spacial score (nSPS) is 13.2. The summed E-state index contributed by atoms with van der Waals surface area (Å²) in [5.74, 6) is 0. The zero-order valence-corrected chi connectivity index (χ0v) is 12.4. The molecule has 1 N–H and O–H groups in total. The fourth-order valence-corrected chi connectivity index (χ4v) is 2.82. The average molecular weight is 328 g/mol. The van der Waals surface area contributed by atoms with Gasteiger partial charge < -0.3 is 9.98 Å². The summed E-state index contributed by atoms with van der Waals surface area (Å²) in [7, 11) is 0. The number of nitrogens with one attached hydrogen (secondary N) is 1. The van der Waals surface area contributed by atoms with Crippen LogP contribution < -0.4 is 0 Å². The molecule has 0 aliphatic heterocycles. The molecule has 1 aromatic carbocycles. The van der Waals surface area contributed by atoms with Gasteiger partial charge in [0.1, 0.15) is 0 Å². The first-order chi connectivity index (χ1) is 9.86. The van der Waals surface area contributed by atoms with Crippen LogP contribution in [0.4, 0.5) is 0 Å². The van der Waals surface area contributed by atoms with Crippen LogP contribution in [0.1, 0.15) is 12.5 Å². The van der Waals surface area contributed by atoms with Crippen molar-refractivity contribution in [3.8, 4) is 0 Å². The molecule has 0 radical (unpaired) electrons. The van der Waals surface area contributed by atoms with Crippen LogP contribution in [0.15, 0.2) is 53.7 Å². The molecule has 2 aromatic heterocycles. The molecule has 3 nitrogen and oxygen atoms in total. The Bertz CT molecular complexity index is 735. The molecule has 3 rings (SSSR count). The Hall–Kier alpha value is -1.94. The van der Waals surface area contributed by atoms with Gasteiger partial charge in [0, 0.05) is 17.8 Å². The van der Waals surface area contributed by atoms with Crippen LogP contribution in [-0.2, 0) is 0 Å². The van der Waals surface area contributed by atoms with Crippen LogP contribution in [0, 0.1) is 5.41 Å². The summed E-state index contributed by atoms with van der Waals surface area (Å²) in [5, 5.41) is 8.89. The van der Waals surface area contributed by atoms with Gasteiger partial charge in [0.2, 0.25) is 0 Å². The second-order valence-electron chi connectivity index (χ2n) is 4.59. The van der Waals surface area contributed by atoms with Crippen molar-refractivity contribution < 1.29 is 0 Å². The minimum atomic E-state index is -0.00426. The van der Waals surface area contributed by atoms with E-state index >= 15 is 0 Å². The van der Waals surface area contributed by atoms with E-state index in [9.17, 15) is 0 Å². The van der Waals surface area contributed by atoms with Crippen molar-refractivity contribution in [3.05, 3.63) is 53.7 Å². The zero-order chi connectivity index (χ0) is 13.9. The monoisotopic (exact) mass is 327 g/mol. The second-order valence-corrected chi connectivity index (χ2v) is 5.12. The third-order valence-electron chi connectivity index (χ3n) is 3.46. The maximum absolute atomic E-state index is 7.75. The van der Waals surface area contributed by atoms with Gasteiger partial charge in [-0.25, -0.2) is 0 Å². The predicted octanol–water partition coefficient (Wildman–Crippen LogP) is 4.68. The number of aromatic nitrogens is 2. The number of hydrogen-bond acceptors (Lipinski definition) is 2. The lowest BCUT2D eigenvalue weighted by Crippen LogP contribution is -2.08. The van der Waals surface area contributed by atoms with Crippen LogP contribution in [0.3, 0.4) is 0 Å². The van der Waals surface area contributed by atoms with Crippen molar-refractivity contribution in [3.63, 3.8) is 0 Å². The Morgan fingerprint density at radius 3 is 2.80 bits per heavy atom. The number of fused-ring (bicyclic) bond motifs is 3. The van der Waals surface area contributed by atoms with E-state index in [1.165, 1.54) is 6.21 Å². The van der Waals surface area contributed by atoms with Crippen molar-refractivity contribution in [1.82, 2.24) is 9.55 Å². The van der Waals surface area contributed by atoms with Gasteiger partial charge in [0.05, 0.1) is 22.6 Å². The SMILES string of the molecule is N=C[C@H](C/C=C/Br)n1c2ccccc2c2ncccc21. The molecule has 2 heterocycles. The lowest BCUT2D eigenvalue weighted by molar-refractivity contribution is 0.699. The van der Waals surface area contributed by atoms with Gasteiger partial charge in [-0.2, -0.15) is 0 Å². The molecule has 0 aliphatic carbocycles. The molecule has 0 aliphatic rings. The third kappa shape index (κ3) is 2.06. The van der Waals surface area contributed by atoms with E-state index in [0.29, 0.717) is 0 Å². The van der Waals surface area contributed by atoms with Crippen molar-refractivity contribution in [2.24, 2.45) is 0 Å². The molecule has 0 fully saturated rings. The summed E-state index contributed by atoms with van der Waals surface area (Å²) in [4.78, 5) is 6.35. The molecule has 4 heteroatoms. The van der Waals surface area contributed by atoms with E-state index in [4.69, 9.17) is 5.41 Å². The molecule has 100 valence electrons. The number of nitrogens with zero attached hydrogens (tertiary/aromatic N) is 2. The maximum atomic E-state index is 7.75. The number of allylic oxidation sites excluding steroid dienone is 1. The first-order valence-electron chi connectivity index (χ1n) is 6.46. The van der Waals surface area contributed by atoms with Gasteiger partial charge in [0.15, 0.2) is 0 Å². The van der Waals surface area contributed by atoms with E-state index in [1.807, 2.05) is 35.5 Å². The van der Waals surface area contributed by atoms with Gasteiger partial charge in [-0.05, 0) is 29.6 Å². The lowest BCUT2D eigenvalue weighted by atomic mass is 10.2. The molecule has 20 heavy (non-hydrogen) atoms. The smallest absolute Gasteiger partial charge is 0.0959 e. The molecular formula is C16H14BrN3. The summed E-state index contributed by atoms with van der Waals surface area (Å²) < 4.78 is 2.19. The highest BCUT2D eigenvalue weighted by Gasteiger charge is 2.15. The summed E-state index contributed by atoms with van der Waals surface area (Å²) in [6.45, 7) is 0. The molecule has 0 spiro atoms. The van der Waals surface area contributed by atoms with Crippen LogP contribution >= 0.6 is 15.9 Å². The highest BCUT2D eigenvalue weighted by atomic mass is 79.9. The highest BCUT2D eigenvalue weighted by molar-refractivity contribution is 9.11. The Morgan fingerprint density at radius 2 is 2.00 bits per heavy atom. The first-order valence-corrected chi connectivity index (χ1v) is 7.38. The van der Waals surface area contributed by atoms with Gasteiger partial charge in [0.25, 0.3) is 0 Å². The quantitative estimate of drug-likeness (QED) is 0.694. The maximum Gasteiger partial charge on any atom is 0.0959 e. The van der Waals surface area contributed by atoms with Gasteiger partial charge in [-0.1, -0.05) is 40.2 Å². The van der Waals surface area contributed by atoms with Gasteiger partial charge >= 0.3 is 0 Å². The largest absolute Gasteiger partial charge is 0.330 e. The van der Waals surface area contributed by atoms with Crippen molar-refractivity contribution in [1.29, 1.82) is 5.41 Å². The minimum absolute atomic E-state index is 0.00426. The standard InChI is InChI=1S/C16H14BrN3/c17-9-3-5-12(11-18)20-14-7-2-1-6-13(14)16-15(20)8-4-10-19-16/h1-4,6-12,18H,5H2/b9-3+,18-11?/t12-/m0/s1. The summed E-state index contributed by atoms with van der Waals surface area (Å²) in [6, 6.07) is 12.2. The van der Waals surface area contributed by atoms with Crippen LogP contribution in [0.5, 0.6) is 0 Å². The first kappa shape index (κ1) is 13.1. The fraction of sp³-hybridized carbons (Fsp3) is 0.125. The number of rotatable bonds is 4. The van der Waals surface area contributed by atoms with E-state index in [1.54, 1.807) is 0 Å². The topological polar surface area (TPSA) is 41.7 Å². The molecular weight excluding hydrogens is 314 g/mol. The second kappa shape index (κ2) is 5.59. The molecule has 0 saturated heterocycles. The Kier molecular flexibility index (Phi) is 3.65. The molecule has 0 bridgehead atoms. The number of para-hydroxylation sites is 1. The van der Waals surface area contributed by atoms with Gasteiger partial charge in [-0.3, -0.25) is 4.98 Å². The van der Waals surface area contributed by atoms with E-state index in [-0.39, 0.29) is 6.04 Å². The highest BCUT2D eigenvalue weighted by Crippen LogP contribution is 2.30. The third-order valence-corrected chi connectivity index (χ3v) is 3.83. The van der Waals surface area contributed by atoms with Gasteiger partial charge in [-0.15, -0.1) is 0 Å². The van der Waals surface area contributed by atoms with Crippen LogP contribution in [-0.4, -0.2) is 15.8 Å². The summed E-state index contributed by atoms with van der Waals surface area (Å²) in [6.07, 6.45) is 6.10. The minimum Gasteiger partial charge on any atom is -0.330 e. The number of halogens is 1. The van der Waals surface area contributed by atoms with E-state index < -0.39 is 0 Å². The summed E-state index contributed by atoms with van der Waals surface area (Å²) in [5.41, 5.74) is 3.20. The van der Waals surface area contributed by atoms with Crippen molar-refractivity contribution in [2.75, 3.05) is 0 Å². The number of hydrogen-bond donors (Lipinski definition) is 1. The summed E-state index contributed by atoms with van der Waals surface area (Å²) >= 11 is 3.29. The fourth-order valence-electron chi connectivity index (χ4n) is 2.61.